The van der Waals surface area contributed by atoms with E-state index in [-0.39, 0.29) is 5.91 Å². The molecule has 2 aromatic rings. The normalized spacial score (nSPS) is 22.5. The van der Waals surface area contributed by atoms with Crippen molar-refractivity contribution in [2.75, 3.05) is 32.7 Å². The van der Waals surface area contributed by atoms with Gasteiger partial charge in [0.2, 0.25) is 0 Å². The third-order valence-electron chi connectivity index (χ3n) is 6.73. The van der Waals surface area contributed by atoms with E-state index in [9.17, 15) is 4.79 Å². The van der Waals surface area contributed by atoms with Gasteiger partial charge in [0.15, 0.2) is 0 Å². The molecule has 150 valence electrons. The summed E-state index contributed by atoms with van der Waals surface area (Å²) >= 11 is 0. The summed E-state index contributed by atoms with van der Waals surface area (Å²) in [5.41, 5.74) is 2.37. The van der Waals surface area contributed by atoms with Gasteiger partial charge in [-0.05, 0) is 55.7 Å². The summed E-state index contributed by atoms with van der Waals surface area (Å²) in [6.07, 6.45) is 5.31. The molecule has 0 radical (unpaired) electrons. The summed E-state index contributed by atoms with van der Waals surface area (Å²) in [4.78, 5) is 17.5. The van der Waals surface area contributed by atoms with Crippen molar-refractivity contribution in [3.63, 3.8) is 0 Å². The van der Waals surface area contributed by atoms with E-state index < -0.39 is 0 Å². The molecule has 28 heavy (non-hydrogen) atoms. The number of benzene rings is 1. The standard InChI is InChI=1S/C23H32N4O/c1-3-25-17-20(19-8-6-5-7-9-19)16-23(18-25)11-14-26(15-12-23)22(28)21-10-13-27(4-2)24-21/h5-10,13,20H,3-4,11-12,14-18H2,1-2H3/t20-/m1/s1. The van der Waals surface area contributed by atoms with E-state index in [0.29, 0.717) is 17.0 Å². The predicted molar refractivity (Wildman–Crippen MR) is 111 cm³/mol. The van der Waals surface area contributed by atoms with E-state index in [4.69, 9.17) is 0 Å². The van der Waals surface area contributed by atoms with Crippen molar-refractivity contribution in [3.05, 3.63) is 53.9 Å². The van der Waals surface area contributed by atoms with Crippen LogP contribution in [0.5, 0.6) is 0 Å². The molecule has 4 rings (SSSR count). The second kappa shape index (κ2) is 8.08. The first-order chi connectivity index (χ1) is 13.6. The quantitative estimate of drug-likeness (QED) is 0.813. The lowest BCUT2D eigenvalue weighted by molar-refractivity contribution is 0.0156. The second-order valence-electron chi connectivity index (χ2n) is 8.49. The molecule has 0 aliphatic carbocycles. The van der Waals surface area contributed by atoms with Crippen molar-refractivity contribution >= 4 is 5.91 Å². The fraction of sp³-hybridized carbons (Fsp3) is 0.565. The van der Waals surface area contributed by atoms with Gasteiger partial charge in [-0.2, -0.15) is 5.10 Å². The molecule has 1 atom stereocenters. The van der Waals surface area contributed by atoms with Crippen molar-refractivity contribution in [2.24, 2.45) is 5.41 Å². The molecule has 1 aromatic heterocycles. The lowest BCUT2D eigenvalue weighted by Crippen LogP contribution is -2.52. The first-order valence-electron chi connectivity index (χ1n) is 10.7. The summed E-state index contributed by atoms with van der Waals surface area (Å²) < 4.78 is 1.82. The van der Waals surface area contributed by atoms with E-state index >= 15 is 0 Å². The monoisotopic (exact) mass is 380 g/mol. The lowest BCUT2D eigenvalue weighted by atomic mass is 9.68. The molecule has 1 spiro atoms. The highest BCUT2D eigenvalue weighted by Crippen LogP contribution is 2.45. The van der Waals surface area contributed by atoms with Gasteiger partial charge in [0, 0.05) is 38.9 Å². The number of amides is 1. The van der Waals surface area contributed by atoms with Crippen LogP contribution in [0.3, 0.4) is 0 Å². The first-order valence-corrected chi connectivity index (χ1v) is 10.7. The highest BCUT2D eigenvalue weighted by molar-refractivity contribution is 5.92. The van der Waals surface area contributed by atoms with Gasteiger partial charge in [0.1, 0.15) is 5.69 Å². The Hall–Kier alpha value is -2.14. The summed E-state index contributed by atoms with van der Waals surface area (Å²) in [6.45, 7) is 10.2. The fourth-order valence-electron chi connectivity index (χ4n) is 5.05. The number of aromatic nitrogens is 2. The minimum Gasteiger partial charge on any atom is -0.337 e. The maximum Gasteiger partial charge on any atom is 0.274 e. The van der Waals surface area contributed by atoms with Crippen LogP contribution < -0.4 is 0 Å². The number of rotatable bonds is 4. The van der Waals surface area contributed by atoms with Crippen LogP contribution in [0.1, 0.15) is 55.1 Å². The van der Waals surface area contributed by atoms with E-state index in [1.807, 2.05) is 28.8 Å². The molecule has 2 fully saturated rings. The SMILES string of the molecule is CCN1C[C@H](c2ccccc2)CC2(CCN(C(=O)c3ccn(CC)n3)CC2)C1. The van der Waals surface area contributed by atoms with Gasteiger partial charge in [-0.25, -0.2) is 0 Å². The smallest absolute Gasteiger partial charge is 0.274 e. The molecule has 5 nitrogen and oxygen atoms in total. The van der Waals surface area contributed by atoms with Crippen molar-refractivity contribution < 1.29 is 4.79 Å². The van der Waals surface area contributed by atoms with Crippen molar-refractivity contribution in [3.8, 4) is 0 Å². The number of likely N-dealkylation sites (N-methyl/N-ethyl adjacent to an activating group) is 1. The minimum atomic E-state index is 0.0878. The van der Waals surface area contributed by atoms with Crippen LogP contribution in [0, 0.1) is 5.41 Å². The Morgan fingerprint density at radius 2 is 1.86 bits per heavy atom. The third-order valence-corrected chi connectivity index (χ3v) is 6.73. The van der Waals surface area contributed by atoms with Gasteiger partial charge in [0.25, 0.3) is 5.91 Å². The number of hydrogen-bond donors (Lipinski definition) is 0. The summed E-state index contributed by atoms with van der Waals surface area (Å²) in [7, 11) is 0. The third kappa shape index (κ3) is 3.86. The van der Waals surface area contributed by atoms with Crippen LogP contribution in [0.2, 0.25) is 0 Å². The number of nitrogens with zero attached hydrogens (tertiary/aromatic N) is 4. The number of hydrogen-bond acceptors (Lipinski definition) is 3. The molecule has 1 amide bonds. The van der Waals surface area contributed by atoms with E-state index in [1.165, 1.54) is 18.5 Å². The lowest BCUT2D eigenvalue weighted by Gasteiger charge is -2.50. The summed E-state index contributed by atoms with van der Waals surface area (Å²) in [5, 5.41) is 4.40. The van der Waals surface area contributed by atoms with Crippen LogP contribution in [-0.4, -0.2) is 58.2 Å². The van der Waals surface area contributed by atoms with Crippen LogP contribution in [0.15, 0.2) is 42.6 Å². The van der Waals surface area contributed by atoms with Crippen LogP contribution in [-0.2, 0) is 6.54 Å². The molecule has 0 unspecified atom stereocenters. The number of piperidine rings is 2. The number of aryl methyl sites for hydroxylation is 1. The maximum atomic E-state index is 12.8. The Morgan fingerprint density at radius 1 is 1.11 bits per heavy atom. The van der Waals surface area contributed by atoms with Crippen LogP contribution >= 0.6 is 0 Å². The van der Waals surface area contributed by atoms with Gasteiger partial charge in [-0.15, -0.1) is 0 Å². The Morgan fingerprint density at radius 3 is 2.50 bits per heavy atom. The van der Waals surface area contributed by atoms with Gasteiger partial charge >= 0.3 is 0 Å². The molecular weight excluding hydrogens is 348 g/mol. The zero-order valence-corrected chi connectivity index (χ0v) is 17.2. The van der Waals surface area contributed by atoms with E-state index in [1.54, 1.807) is 0 Å². The molecule has 0 N–H and O–H groups in total. The van der Waals surface area contributed by atoms with Crippen molar-refractivity contribution in [1.82, 2.24) is 19.6 Å². The predicted octanol–water partition coefficient (Wildman–Crippen LogP) is 3.63. The van der Waals surface area contributed by atoms with Gasteiger partial charge in [0.05, 0.1) is 0 Å². The number of carbonyl (C=O) groups is 1. The van der Waals surface area contributed by atoms with Gasteiger partial charge < -0.3 is 9.80 Å². The summed E-state index contributed by atoms with van der Waals surface area (Å²) in [5.74, 6) is 0.683. The minimum absolute atomic E-state index is 0.0878. The topological polar surface area (TPSA) is 41.4 Å². The number of likely N-dealkylation sites (tertiary alicyclic amines) is 2. The fourth-order valence-corrected chi connectivity index (χ4v) is 5.05. The second-order valence-corrected chi connectivity index (χ2v) is 8.49. The average molecular weight is 381 g/mol. The molecule has 2 aliphatic heterocycles. The Balaban J connectivity index is 1.45. The average Bonchev–Trinajstić information content (AvgIpc) is 3.23. The molecule has 0 bridgehead atoms. The molecule has 0 saturated carbocycles. The molecule has 1 aromatic carbocycles. The summed E-state index contributed by atoms with van der Waals surface area (Å²) in [6, 6.07) is 12.8. The first kappa shape index (κ1) is 19.2. The molecule has 5 heteroatoms. The highest BCUT2D eigenvalue weighted by atomic mass is 16.2. The largest absolute Gasteiger partial charge is 0.337 e. The molecule has 2 saturated heterocycles. The van der Waals surface area contributed by atoms with Crippen LogP contribution in [0.4, 0.5) is 0 Å². The Labute approximate surface area is 168 Å². The van der Waals surface area contributed by atoms with Crippen molar-refractivity contribution in [2.45, 2.75) is 45.6 Å². The Kier molecular flexibility index (Phi) is 5.54. The molecule has 2 aliphatic rings. The molecular formula is C23H32N4O. The highest BCUT2D eigenvalue weighted by Gasteiger charge is 2.42. The number of carbonyl (C=O) groups excluding carboxylic acids is 1. The molecule has 3 heterocycles. The van der Waals surface area contributed by atoms with Crippen molar-refractivity contribution in [1.29, 1.82) is 0 Å². The van der Waals surface area contributed by atoms with Gasteiger partial charge in [-0.1, -0.05) is 37.3 Å². The van der Waals surface area contributed by atoms with Crippen LogP contribution in [0.25, 0.3) is 0 Å². The van der Waals surface area contributed by atoms with E-state index in [2.05, 4.69) is 47.3 Å². The zero-order valence-electron chi connectivity index (χ0n) is 17.2. The van der Waals surface area contributed by atoms with E-state index in [0.717, 1.165) is 45.6 Å². The zero-order chi connectivity index (χ0) is 19.6. The maximum absolute atomic E-state index is 12.8. The Bertz CT molecular complexity index is 792. The van der Waals surface area contributed by atoms with Gasteiger partial charge in [-0.3, -0.25) is 9.48 Å².